The lowest BCUT2D eigenvalue weighted by Gasteiger charge is -2.15. The van der Waals surface area contributed by atoms with Crippen molar-refractivity contribution in [2.75, 3.05) is 26.8 Å². The molecule has 1 aromatic rings. The summed E-state index contributed by atoms with van der Waals surface area (Å²) in [5.41, 5.74) is 2.33. The first-order valence-electron chi connectivity index (χ1n) is 7.99. The van der Waals surface area contributed by atoms with Crippen LogP contribution in [0, 0.1) is 6.92 Å². The molecule has 1 saturated heterocycles. The van der Waals surface area contributed by atoms with Crippen LogP contribution in [0.4, 0.5) is 0 Å². The Kier molecular flexibility index (Phi) is 9.31. The molecule has 1 unspecified atom stereocenters. The van der Waals surface area contributed by atoms with E-state index < -0.39 is 0 Å². The standard InChI is InChI=1S/C17H27N3O2.HI/c1-4-18-17(20-12-15-6-5-7-22-15)19-11-14-8-13(2)9-16(10-14)21-3;/h8-10,15H,4-7,11-12H2,1-3H3,(H2,18,19,20);1H. The van der Waals surface area contributed by atoms with E-state index in [2.05, 4.69) is 35.5 Å². The molecule has 1 aliphatic heterocycles. The van der Waals surface area contributed by atoms with Crippen LogP contribution in [0.3, 0.4) is 0 Å². The van der Waals surface area contributed by atoms with Gasteiger partial charge in [0.1, 0.15) is 5.75 Å². The van der Waals surface area contributed by atoms with Gasteiger partial charge in [0.2, 0.25) is 0 Å². The van der Waals surface area contributed by atoms with Crippen molar-refractivity contribution in [3.63, 3.8) is 0 Å². The van der Waals surface area contributed by atoms with Crippen LogP contribution in [0.25, 0.3) is 0 Å². The zero-order chi connectivity index (χ0) is 15.8. The zero-order valence-corrected chi connectivity index (χ0v) is 16.6. The number of methoxy groups -OCH3 is 1. The minimum absolute atomic E-state index is 0. The number of nitrogens with one attached hydrogen (secondary N) is 2. The summed E-state index contributed by atoms with van der Waals surface area (Å²) in [6, 6.07) is 6.18. The second-order valence-electron chi connectivity index (χ2n) is 5.57. The summed E-state index contributed by atoms with van der Waals surface area (Å²) in [6.45, 7) is 7.29. The van der Waals surface area contributed by atoms with Gasteiger partial charge in [-0.3, -0.25) is 0 Å². The third-order valence-electron chi connectivity index (χ3n) is 3.63. The van der Waals surface area contributed by atoms with Gasteiger partial charge in [-0.05, 0) is 49.9 Å². The number of guanidine groups is 1. The number of aliphatic imine (C=N–C) groups is 1. The van der Waals surface area contributed by atoms with Gasteiger partial charge in [-0.1, -0.05) is 6.07 Å². The predicted octanol–water partition coefficient (Wildman–Crippen LogP) is 2.86. The number of benzene rings is 1. The molecular weight excluding hydrogens is 405 g/mol. The van der Waals surface area contributed by atoms with Gasteiger partial charge in [-0.25, -0.2) is 4.99 Å². The van der Waals surface area contributed by atoms with Crippen molar-refractivity contribution < 1.29 is 9.47 Å². The number of rotatable bonds is 6. The summed E-state index contributed by atoms with van der Waals surface area (Å²) in [7, 11) is 1.69. The Morgan fingerprint density at radius 3 is 2.83 bits per heavy atom. The first kappa shape index (κ1) is 20.0. The fourth-order valence-corrected chi connectivity index (χ4v) is 2.56. The second-order valence-corrected chi connectivity index (χ2v) is 5.57. The molecule has 1 aromatic carbocycles. The fraction of sp³-hybridized carbons (Fsp3) is 0.588. The first-order valence-corrected chi connectivity index (χ1v) is 7.99. The van der Waals surface area contributed by atoms with Crippen molar-refractivity contribution in [1.82, 2.24) is 10.6 Å². The Morgan fingerprint density at radius 2 is 2.17 bits per heavy atom. The summed E-state index contributed by atoms with van der Waals surface area (Å²) in [5, 5.41) is 6.63. The molecule has 0 aromatic heterocycles. The number of nitrogens with zero attached hydrogens (tertiary/aromatic N) is 1. The molecule has 130 valence electrons. The van der Waals surface area contributed by atoms with E-state index in [0.717, 1.165) is 49.8 Å². The van der Waals surface area contributed by atoms with E-state index >= 15 is 0 Å². The van der Waals surface area contributed by atoms with Crippen LogP contribution in [0.5, 0.6) is 5.75 Å². The van der Waals surface area contributed by atoms with Gasteiger partial charge in [-0.15, -0.1) is 24.0 Å². The number of hydrogen-bond acceptors (Lipinski definition) is 3. The Bertz CT molecular complexity index is 503. The van der Waals surface area contributed by atoms with Gasteiger partial charge < -0.3 is 20.1 Å². The average Bonchev–Trinajstić information content (AvgIpc) is 3.03. The normalized spacial score (nSPS) is 17.5. The number of halogens is 1. The summed E-state index contributed by atoms with van der Waals surface area (Å²) in [5.74, 6) is 1.71. The van der Waals surface area contributed by atoms with E-state index in [4.69, 9.17) is 9.47 Å². The van der Waals surface area contributed by atoms with Crippen LogP contribution >= 0.6 is 24.0 Å². The van der Waals surface area contributed by atoms with Gasteiger partial charge in [0.05, 0.1) is 19.8 Å². The molecule has 6 heteroatoms. The highest BCUT2D eigenvalue weighted by Crippen LogP contribution is 2.17. The Labute approximate surface area is 156 Å². The lowest BCUT2D eigenvalue weighted by Crippen LogP contribution is -2.41. The van der Waals surface area contributed by atoms with E-state index in [-0.39, 0.29) is 24.0 Å². The average molecular weight is 433 g/mol. The molecular formula is C17H28IN3O2. The lowest BCUT2D eigenvalue weighted by molar-refractivity contribution is 0.114. The van der Waals surface area contributed by atoms with E-state index in [1.165, 1.54) is 5.56 Å². The molecule has 0 radical (unpaired) electrons. The van der Waals surface area contributed by atoms with Crippen LogP contribution in [-0.2, 0) is 11.3 Å². The van der Waals surface area contributed by atoms with Gasteiger partial charge in [0.15, 0.2) is 5.96 Å². The van der Waals surface area contributed by atoms with Crippen molar-refractivity contribution in [1.29, 1.82) is 0 Å². The highest BCUT2D eigenvalue weighted by molar-refractivity contribution is 14.0. The third kappa shape index (κ3) is 6.95. The topological polar surface area (TPSA) is 54.9 Å². The SMILES string of the molecule is CCNC(=NCc1cc(C)cc(OC)c1)NCC1CCCO1.I. The van der Waals surface area contributed by atoms with Crippen molar-refractivity contribution in [3.05, 3.63) is 29.3 Å². The predicted molar refractivity (Wildman–Crippen MR) is 105 cm³/mol. The third-order valence-corrected chi connectivity index (χ3v) is 3.63. The van der Waals surface area contributed by atoms with Crippen LogP contribution in [0.15, 0.2) is 23.2 Å². The van der Waals surface area contributed by atoms with Crippen molar-refractivity contribution in [3.8, 4) is 5.75 Å². The Balaban J connectivity index is 0.00000264. The molecule has 0 aliphatic carbocycles. The van der Waals surface area contributed by atoms with E-state index in [9.17, 15) is 0 Å². The molecule has 0 amide bonds. The highest BCUT2D eigenvalue weighted by Gasteiger charge is 2.15. The maximum atomic E-state index is 5.63. The van der Waals surface area contributed by atoms with Gasteiger partial charge in [0.25, 0.3) is 0 Å². The Hall–Kier alpha value is -1.02. The summed E-state index contributed by atoms with van der Waals surface area (Å²) >= 11 is 0. The van der Waals surface area contributed by atoms with Crippen LogP contribution in [0.2, 0.25) is 0 Å². The maximum Gasteiger partial charge on any atom is 0.191 e. The molecule has 5 nitrogen and oxygen atoms in total. The molecule has 0 bridgehead atoms. The molecule has 2 rings (SSSR count). The molecule has 2 N–H and O–H groups in total. The quantitative estimate of drug-likeness (QED) is 0.412. The van der Waals surface area contributed by atoms with Crippen LogP contribution < -0.4 is 15.4 Å². The smallest absolute Gasteiger partial charge is 0.191 e. The molecule has 1 aliphatic rings. The number of hydrogen-bond donors (Lipinski definition) is 2. The molecule has 0 spiro atoms. The monoisotopic (exact) mass is 433 g/mol. The summed E-state index contributed by atoms with van der Waals surface area (Å²) < 4.78 is 10.9. The summed E-state index contributed by atoms with van der Waals surface area (Å²) in [6.07, 6.45) is 2.59. The van der Waals surface area contributed by atoms with E-state index in [1.807, 2.05) is 12.1 Å². The minimum atomic E-state index is 0. The van der Waals surface area contributed by atoms with E-state index in [1.54, 1.807) is 7.11 Å². The van der Waals surface area contributed by atoms with Crippen LogP contribution in [-0.4, -0.2) is 38.9 Å². The summed E-state index contributed by atoms with van der Waals surface area (Å²) in [4.78, 5) is 4.64. The zero-order valence-electron chi connectivity index (χ0n) is 14.2. The molecule has 0 saturated carbocycles. The van der Waals surface area contributed by atoms with Crippen LogP contribution in [0.1, 0.15) is 30.9 Å². The van der Waals surface area contributed by atoms with Gasteiger partial charge in [0, 0.05) is 19.7 Å². The fourth-order valence-electron chi connectivity index (χ4n) is 2.56. The molecule has 23 heavy (non-hydrogen) atoms. The van der Waals surface area contributed by atoms with Crippen molar-refractivity contribution in [2.45, 2.75) is 39.3 Å². The maximum absolute atomic E-state index is 5.63. The van der Waals surface area contributed by atoms with Crippen molar-refractivity contribution >= 4 is 29.9 Å². The second kappa shape index (κ2) is 10.7. The minimum Gasteiger partial charge on any atom is -0.497 e. The highest BCUT2D eigenvalue weighted by atomic mass is 127. The largest absolute Gasteiger partial charge is 0.497 e. The number of ether oxygens (including phenoxy) is 2. The molecule has 1 atom stereocenters. The number of aryl methyl sites for hydroxylation is 1. The molecule has 1 heterocycles. The van der Waals surface area contributed by atoms with Crippen molar-refractivity contribution in [2.24, 2.45) is 4.99 Å². The molecule has 1 fully saturated rings. The van der Waals surface area contributed by atoms with E-state index in [0.29, 0.717) is 12.6 Å². The Morgan fingerprint density at radius 1 is 1.35 bits per heavy atom. The van der Waals surface area contributed by atoms with Gasteiger partial charge in [-0.2, -0.15) is 0 Å². The van der Waals surface area contributed by atoms with Gasteiger partial charge >= 0.3 is 0 Å². The lowest BCUT2D eigenvalue weighted by atomic mass is 10.1. The first-order chi connectivity index (χ1) is 10.7.